The second-order valence-electron chi connectivity index (χ2n) is 4.88. The van der Waals surface area contributed by atoms with Crippen LogP contribution in [-0.2, 0) is 16.4 Å². The Kier molecular flexibility index (Phi) is 4.44. The summed E-state index contributed by atoms with van der Waals surface area (Å²) >= 11 is 0. The average molecular weight is 284 g/mol. The Morgan fingerprint density at radius 3 is 2.89 bits per heavy atom. The summed E-state index contributed by atoms with van der Waals surface area (Å²) in [7, 11) is -1.58. The zero-order valence-electron chi connectivity index (χ0n) is 11.3. The Morgan fingerprint density at radius 2 is 2.16 bits per heavy atom. The first-order valence-electron chi connectivity index (χ1n) is 6.43. The van der Waals surface area contributed by atoms with Gasteiger partial charge in [0.25, 0.3) is 0 Å². The third kappa shape index (κ3) is 3.46. The molecular formula is C13H20N2O3S. The van der Waals surface area contributed by atoms with Crippen LogP contribution in [0, 0.1) is 5.92 Å². The van der Waals surface area contributed by atoms with E-state index in [2.05, 4.69) is 10.0 Å². The second kappa shape index (κ2) is 5.90. The fraction of sp³-hybridized carbons (Fsp3) is 0.538. The topological polar surface area (TPSA) is 67.4 Å². The van der Waals surface area contributed by atoms with Gasteiger partial charge in [0.1, 0.15) is 5.75 Å². The maximum Gasteiger partial charge on any atom is 0.240 e. The minimum absolute atomic E-state index is 0.248. The van der Waals surface area contributed by atoms with Gasteiger partial charge in [-0.05, 0) is 43.3 Å². The van der Waals surface area contributed by atoms with Gasteiger partial charge in [0, 0.05) is 13.0 Å². The summed E-state index contributed by atoms with van der Waals surface area (Å²) in [6, 6.07) is 5.02. The van der Waals surface area contributed by atoms with Gasteiger partial charge in [-0.1, -0.05) is 6.92 Å². The Hall–Kier alpha value is -1.11. The van der Waals surface area contributed by atoms with E-state index in [0.717, 1.165) is 24.3 Å². The molecule has 1 heterocycles. The SMILES string of the molecule is CNCC(C)CNS(=O)(=O)c1ccc2c(c1)CCO2. The molecule has 6 heteroatoms. The molecule has 2 rings (SSSR count). The smallest absolute Gasteiger partial charge is 0.240 e. The van der Waals surface area contributed by atoms with Gasteiger partial charge >= 0.3 is 0 Å². The summed E-state index contributed by atoms with van der Waals surface area (Å²) in [5.41, 5.74) is 0.964. The molecule has 0 fully saturated rings. The fourth-order valence-corrected chi connectivity index (χ4v) is 3.30. The van der Waals surface area contributed by atoms with Gasteiger partial charge in [0.2, 0.25) is 10.0 Å². The molecule has 1 aromatic rings. The third-order valence-electron chi connectivity index (χ3n) is 3.15. The molecule has 0 saturated heterocycles. The van der Waals surface area contributed by atoms with Gasteiger partial charge in [-0.15, -0.1) is 0 Å². The Bertz CT molecular complexity index is 543. The molecule has 0 aliphatic carbocycles. The van der Waals surface area contributed by atoms with Gasteiger partial charge in [-0.2, -0.15) is 0 Å². The highest BCUT2D eigenvalue weighted by molar-refractivity contribution is 7.89. The lowest BCUT2D eigenvalue weighted by atomic mass is 10.2. The zero-order valence-corrected chi connectivity index (χ0v) is 12.1. The molecular weight excluding hydrogens is 264 g/mol. The molecule has 1 aromatic carbocycles. The number of fused-ring (bicyclic) bond motifs is 1. The fourth-order valence-electron chi connectivity index (χ4n) is 2.09. The molecule has 0 amide bonds. The van der Waals surface area contributed by atoms with Crippen LogP contribution in [0.5, 0.6) is 5.75 Å². The van der Waals surface area contributed by atoms with E-state index in [4.69, 9.17) is 4.74 Å². The van der Waals surface area contributed by atoms with Crippen molar-refractivity contribution in [1.82, 2.24) is 10.0 Å². The third-order valence-corrected chi connectivity index (χ3v) is 4.57. The highest BCUT2D eigenvalue weighted by atomic mass is 32.2. The predicted octanol–water partition coefficient (Wildman–Crippen LogP) is 0.755. The lowest BCUT2D eigenvalue weighted by Crippen LogP contribution is -2.32. The number of benzene rings is 1. The summed E-state index contributed by atoms with van der Waals surface area (Å²) < 4.78 is 32.4. The van der Waals surface area contributed by atoms with E-state index >= 15 is 0 Å². The van der Waals surface area contributed by atoms with Crippen molar-refractivity contribution in [2.75, 3.05) is 26.7 Å². The molecule has 1 unspecified atom stereocenters. The molecule has 19 heavy (non-hydrogen) atoms. The molecule has 0 saturated carbocycles. The van der Waals surface area contributed by atoms with Crippen molar-refractivity contribution in [2.45, 2.75) is 18.2 Å². The van der Waals surface area contributed by atoms with Crippen LogP contribution in [0.4, 0.5) is 0 Å². The summed E-state index contributed by atoms with van der Waals surface area (Å²) in [5.74, 6) is 1.04. The largest absolute Gasteiger partial charge is 0.493 e. The van der Waals surface area contributed by atoms with E-state index in [1.165, 1.54) is 0 Å². The van der Waals surface area contributed by atoms with Crippen LogP contribution in [-0.4, -0.2) is 35.2 Å². The minimum Gasteiger partial charge on any atom is -0.493 e. The number of ether oxygens (including phenoxy) is 1. The Balaban J connectivity index is 2.07. The number of hydrogen-bond donors (Lipinski definition) is 2. The minimum atomic E-state index is -3.43. The van der Waals surface area contributed by atoms with Gasteiger partial charge in [-0.25, -0.2) is 13.1 Å². The van der Waals surface area contributed by atoms with Crippen molar-refractivity contribution in [2.24, 2.45) is 5.92 Å². The van der Waals surface area contributed by atoms with Crippen molar-refractivity contribution in [1.29, 1.82) is 0 Å². The van der Waals surface area contributed by atoms with E-state index < -0.39 is 10.0 Å². The molecule has 0 aromatic heterocycles. The van der Waals surface area contributed by atoms with Crippen molar-refractivity contribution < 1.29 is 13.2 Å². The van der Waals surface area contributed by atoms with Gasteiger partial charge in [-0.3, -0.25) is 0 Å². The van der Waals surface area contributed by atoms with Crippen molar-refractivity contribution in [3.63, 3.8) is 0 Å². The number of hydrogen-bond acceptors (Lipinski definition) is 4. The highest BCUT2D eigenvalue weighted by Crippen LogP contribution is 2.27. The molecule has 0 spiro atoms. The molecule has 2 N–H and O–H groups in total. The van der Waals surface area contributed by atoms with Crippen LogP contribution in [0.25, 0.3) is 0 Å². The van der Waals surface area contributed by atoms with E-state index in [1.807, 2.05) is 14.0 Å². The molecule has 1 aliphatic heterocycles. The van der Waals surface area contributed by atoms with Crippen molar-refractivity contribution in [3.05, 3.63) is 23.8 Å². The first kappa shape index (κ1) is 14.3. The van der Waals surface area contributed by atoms with Crippen molar-refractivity contribution in [3.8, 4) is 5.75 Å². The van der Waals surface area contributed by atoms with Gasteiger partial charge < -0.3 is 10.1 Å². The first-order chi connectivity index (χ1) is 9.03. The summed E-state index contributed by atoms with van der Waals surface area (Å²) in [4.78, 5) is 0.313. The van der Waals surface area contributed by atoms with E-state index in [-0.39, 0.29) is 5.92 Å². The lowest BCUT2D eigenvalue weighted by molar-refractivity contribution is 0.356. The Morgan fingerprint density at radius 1 is 1.37 bits per heavy atom. The zero-order chi connectivity index (χ0) is 13.9. The quantitative estimate of drug-likeness (QED) is 0.809. The van der Waals surface area contributed by atoms with Crippen LogP contribution >= 0.6 is 0 Å². The molecule has 5 nitrogen and oxygen atoms in total. The van der Waals surface area contributed by atoms with E-state index in [0.29, 0.717) is 18.0 Å². The van der Waals surface area contributed by atoms with Crippen LogP contribution in [0.2, 0.25) is 0 Å². The maximum absolute atomic E-state index is 12.2. The average Bonchev–Trinajstić information content (AvgIpc) is 2.84. The summed E-state index contributed by atoms with van der Waals surface area (Å²) in [6.07, 6.45) is 0.773. The summed E-state index contributed by atoms with van der Waals surface area (Å²) in [6.45, 7) is 3.83. The van der Waals surface area contributed by atoms with E-state index in [1.54, 1.807) is 18.2 Å². The Labute approximate surface area is 114 Å². The molecule has 106 valence electrons. The predicted molar refractivity (Wildman–Crippen MR) is 73.9 cm³/mol. The number of sulfonamides is 1. The molecule has 0 bridgehead atoms. The monoisotopic (exact) mass is 284 g/mol. The molecule has 1 atom stereocenters. The van der Waals surface area contributed by atoms with Gasteiger partial charge in [0.15, 0.2) is 0 Å². The van der Waals surface area contributed by atoms with Crippen LogP contribution in [0.3, 0.4) is 0 Å². The van der Waals surface area contributed by atoms with Crippen LogP contribution in [0.15, 0.2) is 23.1 Å². The number of rotatable bonds is 6. The van der Waals surface area contributed by atoms with Crippen molar-refractivity contribution >= 4 is 10.0 Å². The second-order valence-corrected chi connectivity index (χ2v) is 6.65. The molecule has 1 aliphatic rings. The summed E-state index contributed by atoms with van der Waals surface area (Å²) in [5, 5.41) is 3.03. The number of nitrogens with one attached hydrogen (secondary N) is 2. The molecule has 0 radical (unpaired) electrons. The highest BCUT2D eigenvalue weighted by Gasteiger charge is 2.19. The van der Waals surface area contributed by atoms with Gasteiger partial charge in [0.05, 0.1) is 11.5 Å². The lowest BCUT2D eigenvalue weighted by Gasteiger charge is -2.12. The standard InChI is InChI=1S/C13H20N2O3S/c1-10(8-14-2)9-15-19(16,17)12-3-4-13-11(7-12)5-6-18-13/h3-4,7,10,14-15H,5-6,8-9H2,1-2H3. The van der Waals surface area contributed by atoms with Crippen LogP contribution < -0.4 is 14.8 Å². The van der Waals surface area contributed by atoms with Crippen LogP contribution in [0.1, 0.15) is 12.5 Å². The maximum atomic E-state index is 12.2. The van der Waals surface area contributed by atoms with E-state index in [9.17, 15) is 8.42 Å². The first-order valence-corrected chi connectivity index (χ1v) is 7.91. The normalized spacial score (nSPS) is 15.9.